The van der Waals surface area contributed by atoms with Crippen molar-refractivity contribution in [1.29, 1.82) is 5.41 Å². The molecule has 8 nitrogen and oxygen atoms in total. The van der Waals surface area contributed by atoms with Gasteiger partial charge in [-0.2, -0.15) is 0 Å². The summed E-state index contributed by atoms with van der Waals surface area (Å²) in [6.45, 7) is 0.939. The number of likely N-dealkylation sites (N-methyl/N-ethyl adjacent to an activating group) is 1. The molecule has 0 fully saturated rings. The van der Waals surface area contributed by atoms with Crippen LogP contribution in [0.5, 0.6) is 0 Å². The van der Waals surface area contributed by atoms with Crippen LogP contribution in [0.2, 0.25) is 5.02 Å². The van der Waals surface area contributed by atoms with Crippen LogP contribution in [0.15, 0.2) is 64.7 Å². The summed E-state index contributed by atoms with van der Waals surface area (Å²) in [4.78, 5) is 14.2. The van der Waals surface area contributed by atoms with E-state index in [-0.39, 0.29) is 11.7 Å². The number of amidine groups is 3. The molecule has 1 heterocycles. The van der Waals surface area contributed by atoms with Crippen LogP contribution in [0, 0.1) is 5.41 Å². The summed E-state index contributed by atoms with van der Waals surface area (Å²) in [5, 5.41) is 8.46. The van der Waals surface area contributed by atoms with Gasteiger partial charge in [-0.15, -0.1) is 0 Å². The fourth-order valence-electron chi connectivity index (χ4n) is 2.33. The maximum absolute atomic E-state index is 7.89. The zero-order valence-electron chi connectivity index (χ0n) is 15.5. The Kier molecular flexibility index (Phi) is 7.67. The third-order valence-electron chi connectivity index (χ3n) is 3.54. The van der Waals surface area contributed by atoms with Crippen molar-refractivity contribution < 1.29 is 0 Å². The third-order valence-corrected chi connectivity index (χ3v) is 3.78. The molecule has 0 aliphatic carbocycles. The number of rotatable bonds is 7. The molecular weight excluding hydrogens is 376 g/mol. The molecule has 0 aliphatic heterocycles. The summed E-state index contributed by atoms with van der Waals surface area (Å²) in [7, 11) is 1.88. The molecule has 0 radical (unpaired) electrons. The number of anilines is 1. The Bertz CT molecular complexity index is 920. The first-order valence-electron chi connectivity index (χ1n) is 8.41. The first-order chi connectivity index (χ1) is 13.3. The Balaban J connectivity index is 1.91. The van der Waals surface area contributed by atoms with Crippen molar-refractivity contribution in [3.8, 4) is 0 Å². The monoisotopic (exact) mass is 398 g/mol. The SMILES string of the molecule is CN(CC(N)=NC(=N)/C=C\C(N)=Nc1cccc(Cl)c1)Cc1cccnc1N. The van der Waals surface area contributed by atoms with E-state index in [1.165, 1.54) is 12.2 Å². The van der Waals surface area contributed by atoms with Crippen LogP contribution in [0.25, 0.3) is 0 Å². The van der Waals surface area contributed by atoms with Crippen LogP contribution in [0.3, 0.4) is 0 Å². The average Bonchev–Trinajstić information content (AvgIpc) is 2.62. The van der Waals surface area contributed by atoms with Crippen LogP contribution in [-0.2, 0) is 6.54 Å². The number of hydrogen-bond acceptors (Lipinski definition) is 5. The number of aliphatic imine (C=N–C) groups is 2. The van der Waals surface area contributed by atoms with Gasteiger partial charge in [0.2, 0.25) is 0 Å². The fourth-order valence-corrected chi connectivity index (χ4v) is 2.52. The highest BCUT2D eigenvalue weighted by Gasteiger charge is 2.06. The van der Waals surface area contributed by atoms with E-state index < -0.39 is 0 Å². The standard InChI is InChI=1S/C19H23ClN8/c1-28(11-13-4-3-9-25-19(13)24)12-18(23)27-17(22)8-7-16(21)26-15-6-2-5-14(20)10-15/h2-10H,11-12H2,1H3,(H2,21,26)(H2,24,25)(H3,22,23,27)/b8-7-. The molecular formula is C19H23ClN8. The van der Waals surface area contributed by atoms with Gasteiger partial charge in [-0.3, -0.25) is 10.3 Å². The van der Waals surface area contributed by atoms with Crippen molar-refractivity contribution in [1.82, 2.24) is 9.88 Å². The highest BCUT2D eigenvalue weighted by atomic mass is 35.5. The minimum absolute atomic E-state index is 0.0314. The normalized spacial score (nSPS) is 12.7. The molecule has 1 aromatic heterocycles. The van der Waals surface area contributed by atoms with Crippen molar-refractivity contribution >= 4 is 40.6 Å². The number of nitrogens with zero attached hydrogens (tertiary/aromatic N) is 4. The molecule has 0 saturated carbocycles. The molecule has 0 spiro atoms. The fraction of sp³-hybridized carbons (Fsp3) is 0.158. The molecule has 0 unspecified atom stereocenters. The summed E-state index contributed by atoms with van der Waals surface area (Å²) < 4.78 is 0. The maximum Gasteiger partial charge on any atom is 0.146 e. The number of pyridine rings is 1. The van der Waals surface area contributed by atoms with Crippen molar-refractivity contribution in [2.45, 2.75) is 6.54 Å². The lowest BCUT2D eigenvalue weighted by atomic mass is 10.2. The third kappa shape index (κ3) is 7.18. The second-order valence-electron chi connectivity index (χ2n) is 6.06. The lowest BCUT2D eigenvalue weighted by Crippen LogP contribution is -2.31. The van der Waals surface area contributed by atoms with Gasteiger partial charge in [0, 0.05) is 23.3 Å². The van der Waals surface area contributed by atoms with Crippen molar-refractivity contribution in [3.63, 3.8) is 0 Å². The molecule has 28 heavy (non-hydrogen) atoms. The van der Waals surface area contributed by atoms with E-state index >= 15 is 0 Å². The van der Waals surface area contributed by atoms with Crippen LogP contribution < -0.4 is 17.2 Å². The number of nitrogens with two attached hydrogens (primary N) is 3. The molecule has 9 heteroatoms. The van der Waals surface area contributed by atoms with Gasteiger partial charge in [-0.25, -0.2) is 15.0 Å². The Hall–Kier alpha value is -3.23. The summed E-state index contributed by atoms with van der Waals surface area (Å²) in [6.07, 6.45) is 4.55. The highest BCUT2D eigenvalue weighted by Crippen LogP contribution is 2.17. The van der Waals surface area contributed by atoms with E-state index in [1.807, 2.05) is 24.1 Å². The van der Waals surface area contributed by atoms with Crippen LogP contribution >= 0.6 is 11.6 Å². The number of halogens is 1. The Morgan fingerprint density at radius 3 is 2.75 bits per heavy atom. The Labute approximate surface area is 168 Å². The predicted octanol–water partition coefficient (Wildman–Crippen LogP) is 2.33. The summed E-state index contributed by atoms with van der Waals surface area (Å²) in [6, 6.07) is 10.7. The second-order valence-corrected chi connectivity index (χ2v) is 6.49. The number of aromatic nitrogens is 1. The van der Waals surface area contributed by atoms with Crippen molar-refractivity contribution in [2.75, 3.05) is 19.3 Å². The van der Waals surface area contributed by atoms with E-state index in [0.717, 1.165) is 5.56 Å². The largest absolute Gasteiger partial charge is 0.386 e. The Morgan fingerprint density at radius 2 is 2.04 bits per heavy atom. The second kappa shape index (κ2) is 10.2. The van der Waals surface area contributed by atoms with Gasteiger partial charge in [0.15, 0.2) is 0 Å². The molecule has 0 aliphatic rings. The smallest absolute Gasteiger partial charge is 0.146 e. The quantitative estimate of drug-likeness (QED) is 0.418. The van der Waals surface area contributed by atoms with E-state index in [9.17, 15) is 0 Å². The topological polar surface area (TPSA) is 143 Å². The maximum atomic E-state index is 7.89. The molecule has 0 saturated heterocycles. The zero-order valence-corrected chi connectivity index (χ0v) is 16.3. The Morgan fingerprint density at radius 1 is 1.25 bits per heavy atom. The number of nitrogen functional groups attached to an aromatic ring is 1. The molecule has 0 amide bonds. The molecule has 2 aromatic rings. The molecule has 7 N–H and O–H groups in total. The lowest BCUT2D eigenvalue weighted by molar-refractivity contribution is 0.373. The summed E-state index contributed by atoms with van der Waals surface area (Å²) in [5.74, 6) is 0.973. The zero-order chi connectivity index (χ0) is 20.5. The lowest BCUT2D eigenvalue weighted by Gasteiger charge is -2.16. The van der Waals surface area contributed by atoms with Gasteiger partial charge < -0.3 is 17.2 Å². The van der Waals surface area contributed by atoms with Crippen molar-refractivity contribution in [2.24, 2.45) is 21.5 Å². The van der Waals surface area contributed by atoms with E-state index in [4.69, 9.17) is 34.2 Å². The molecule has 0 atom stereocenters. The van der Waals surface area contributed by atoms with Gasteiger partial charge in [0.25, 0.3) is 0 Å². The molecule has 2 rings (SSSR count). The number of hydrogen-bond donors (Lipinski definition) is 4. The van der Waals surface area contributed by atoms with Gasteiger partial charge in [-0.1, -0.05) is 23.7 Å². The van der Waals surface area contributed by atoms with Crippen LogP contribution in [-0.4, -0.2) is 41.0 Å². The summed E-state index contributed by atoms with van der Waals surface area (Å²) in [5.41, 5.74) is 19.1. The average molecular weight is 399 g/mol. The first kappa shape index (κ1) is 21.1. The number of nitrogens with one attached hydrogen (secondary N) is 1. The summed E-state index contributed by atoms with van der Waals surface area (Å²) >= 11 is 5.91. The first-order valence-corrected chi connectivity index (χ1v) is 8.78. The number of benzene rings is 1. The van der Waals surface area contributed by atoms with Crippen LogP contribution in [0.4, 0.5) is 11.5 Å². The van der Waals surface area contributed by atoms with Gasteiger partial charge in [0.1, 0.15) is 23.3 Å². The molecule has 146 valence electrons. The van der Waals surface area contributed by atoms with E-state index in [1.54, 1.807) is 30.5 Å². The minimum Gasteiger partial charge on any atom is -0.386 e. The van der Waals surface area contributed by atoms with Gasteiger partial charge >= 0.3 is 0 Å². The van der Waals surface area contributed by atoms with E-state index in [0.29, 0.717) is 35.5 Å². The van der Waals surface area contributed by atoms with Crippen molar-refractivity contribution in [3.05, 3.63) is 65.3 Å². The van der Waals surface area contributed by atoms with Gasteiger partial charge in [-0.05, 0) is 43.5 Å². The molecule has 0 bridgehead atoms. The van der Waals surface area contributed by atoms with E-state index in [2.05, 4.69) is 15.0 Å². The molecule has 1 aromatic carbocycles. The van der Waals surface area contributed by atoms with Gasteiger partial charge in [0.05, 0.1) is 12.2 Å². The minimum atomic E-state index is -0.0314. The predicted molar refractivity (Wildman–Crippen MR) is 116 cm³/mol. The highest BCUT2D eigenvalue weighted by molar-refractivity contribution is 6.30. The van der Waals surface area contributed by atoms with Crippen LogP contribution in [0.1, 0.15) is 5.56 Å².